The molecule has 0 aromatic rings. The second-order valence-electron chi connectivity index (χ2n) is 6.22. The zero-order chi connectivity index (χ0) is 15.8. The van der Waals surface area contributed by atoms with Crippen molar-refractivity contribution in [1.82, 2.24) is 0 Å². The van der Waals surface area contributed by atoms with E-state index in [1.54, 1.807) is 13.2 Å². The first-order valence-corrected chi connectivity index (χ1v) is 9.67. The van der Waals surface area contributed by atoms with Gasteiger partial charge in [-0.3, -0.25) is 0 Å². The van der Waals surface area contributed by atoms with Gasteiger partial charge in [0.05, 0.1) is 6.10 Å². The molecular formula is C14H29NO4Si. The minimum atomic E-state index is -1.95. The van der Waals surface area contributed by atoms with Crippen molar-refractivity contribution in [3.63, 3.8) is 0 Å². The first kappa shape index (κ1) is 19.3. The third-order valence-electron chi connectivity index (χ3n) is 3.65. The molecule has 0 aliphatic rings. The van der Waals surface area contributed by atoms with Crippen molar-refractivity contribution in [3.05, 3.63) is 12.7 Å². The van der Waals surface area contributed by atoms with E-state index in [1.807, 2.05) is 0 Å². The largest absolute Gasteiger partial charge is 0.411 e. The summed E-state index contributed by atoms with van der Waals surface area (Å²) in [7, 11) is -0.380. The lowest BCUT2D eigenvalue weighted by atomic mass is 10.1. The van der Waals surface area contributed by atoms with Gasteiger partial charge in [0, 0.05) is 19.7 Å². The summed E-state index contributed by atoms with van der Waals surface area (Å²) in [5, 5.41) is 11.8. The Hall–Kier alpha value is -0.693. The first-order valence-electron chi connectivity index (χ1n) is 6.76. The van der Waals surface area contributed by atoms with Crippen LogP contribution in [0.25, 0.3) is 0 Å². The van der Waals surface area contributed by atoms with E-state index in [1.165, 1.54) is 6.21 Å². The second-order valence-corrected chi connectivity index (χ2v) is 11.0. The number of nitrogens with zero attached hydrogens (tertiary/aromatic N) is 1. The van der Waals surface area contributed by atoms with Gasteiger partial charge in [-0.25, -0.2) is 0 Å². The van der Waals surface area contributed by atoms with E-state index >= 15 is 0 Å². The highest BCUT2D eigenvalue weighted by Crippen LogP contribution is 2.38. The van der Waals surface area contributed by atoms with Crippen LogP contribution in [-0.4, -0.2) is 45.8 Å². The van der Waals surface area contributed by atoms with E-state index in [0.29, 0.717) is 6.42 Å². The van der Waals surface area contributed by atoms with E-state index in [0.717, 1.165) is 0 Å². The molecule has 0 saturated heterocycles. The van der Waals surface area contributed by atoms with Gasteiger partial charge >= 0.3 is 0 Å². The maximum Gasteiger partial charge on any atom is 0.192 e. The Labute approximate surface area is 123 Å². The highest BCUT2D eigenvalue weighted by molar-refractivity contribution is 6.74. The number of methoxy groups -OCH3 is 1. The molecule has 118 valence electrons. The van der Waals surface area contributed by atoms with Crippen LogP contribution in [0.5, 0.6) is 0 Å². The van der Waals surface area contributed by atoms with E-state index in [4.69, 9.17) is 19.1 Å². The van der Waals surface area contributed by atoms with Crippen molar-refractivity contribution < 1.29 is 19.1 Å². The fourth-order valence-corrected chi connectivity index (χ4v) is 2.77. The fourth-order valence-electron chi connectivity index (χ4n) is 1.43. The van der Waals surface area contributed by atoms with Gasteiger partial charge in [-0.15, -0.1) is 11.7 Å². The number of ether oxygens (including phenoxy) is 2. The van der Waals surface area contributed by atoms with E-state index < -0.39 is 8.32 Å². The molecule has 0 amide bonds. The number of oxime groups is 1. The molecule has 0 aromatic carbocycles. The number of rotatable bonds is 9. The molecule has 1 N–H and O–H groups in total. The smallest absolute Gasteiger partial charge is 0.192 e. The molecule has 0 aliphatic carbocycles. The van der Waals surface area contributed by atoms with Crippen LogP contribution < -0.4 is 0 Å². The standard InChI is InChI=1S/C14H29NO4Si/c1-8-12(18-11-17-5)13(9-10-15-16)19-20(6,7)14(2,3)4/h8,10,12-13,16H,1,9,11H2,2-7H3/b15-10-/t12-,13+/m0/s1. The summed E-state index contributed by atoms with van der Waals surface area (Å²) >= 11 is 0. The van der Waals surface area contributed by atoms with Gasteiger partial charge in [-0.05, 0) is 18.1 Å². The molecule has 6 heteroatoms. The topological polar surface area (TPSA) is 60.3 Å². The Morgan fingerprint density at radius 2 is 1.95 bits per heavy atom. The lowest BCUT2D eigenvalue weighted by Gasteiger charge is -2.40. The van der Waals surface area contributed by atoms with Crippen molar-refractivity contribution >= 4 is 14.5 Å². The zero-order valence-corrected chi connectivity index (χ0v) is 14.5. The lowest BCUT2D eigenvalue weighted by Crippen LogP contribution is -2.47. The molecule has 0 radical (unpaired) electrons. The molecule has 0 aromatic heterocycles. The van der Waals surface area contributed by atoms with Gasteiger partial charge in [-0.1, -0.05) is 26.8 Å². The lowest BCUT2D eigenvalue weighted by molar-refractivity contribution is -0.0880. The van der Waals surface area contributed by atoms with Crippen LogP contribution in [0, 0.1) is 0 Å². The van der Waals surface area contributed by atoms with Gasteiger partial charge in [0.15, 0.2) is 8.32 Å². The Balaban J connectivity index is 4.99. The van der Waals surface area contributed by atoms with Gasteiger partial charge in [-0.2, -0.15) is 0 Å². The van der Waals surface area contributed by atoms with E-state index in [9.17, 15) is 0 Å². The molecule has 0 bridgehead atoms. The summed E-state index contributed by atoms with van der Waals surface area (Å²) in [5.41, 5.74) is 0. The predicted octanol–water partition coefficient (Wildman–Crippen LogP) is 3.40. The van der Waals surface area contributed by atoms with Gasteiger partial charge in [0.2, 0.25) is 0 Å². The predicted molar refractivity (Wildman–Crippen MR) is 83.9 cm³/mol. The fraction of sp³-hybridized carbons (Fsp3) is 0.786. The van der Waals surface area contributed by atoms with Crippen molar-refractivity contribution in [2.75, 3.05) is 13.9 Å². The maximum absolute atomic E-state index is 8.64. The molecule has 0 aliphatic heterocycles. The molecule has 0 saturated carbocycles. The molecule has 0 unspecified atom stereocenters. The average Bonchev–Trinajstić information content (AvgIpc) is 2.34. The summed E-state index contributed by atoms with van der Waals surface area (Å²) in [5.74, 6) is 0. The average molecular weight is 303 g/mol. The van der Waals surface area contributed by atoms with Crippen molar-refractivity contribution in [1.29, 1.82) is 0 Å². The number of hydrogen-bond donors (Lipinski definition) is 1. The normalized spacial score (nSPS) is 16.3. The molecular weight excluding hydrogens is 274 g/mol. The highest BCUT2D eigenvalue weighted by Gasteiger charge is 2.40. The third-order valence-corrected chi connectivity index (χ3v) is 8.15. The Morgan fingerprint density at radius 3 is 2.35 bits per heavy atom. The monoisotopic (exact) mass is 303 g/mol. The summed E-state index contributed by atoms with van der Waals surface area (Å²) in [6, 6.07) is 0. The second kappa shape index (κ2) is 8.56. The van der Waals surface area contributed by atoms with Crippen LogP contribution in [0.4, 0.5) is 0 Å². The molecule has 0 heterocycles. The molecule has 0 spiro atoms. The van der Waals surface area contributed by atoms with Crippen molar-refractivity contribution in [3.8, 4) is 0 Å². The summed E-state index contributed by atoms with van der Waals surface area (Å²) < 4.78 is 16.8. The Bertz CT molecular complexity index is 313. The summed E-state index contributed by atoms with van der Waals surface area (Å²) in [6.45, 7) is 14.8. The van der Waals surface area contributed by atoms with Gasteiger partial charge < -0.3 is 19.1 Å². The summed E-state index contributed by atoms with van der Waals surface area (Å²) in [6.07, 6.45) is 3.04. The van der Waals surface area contributed by atoms with E-state index in [2.05, 4.69) is 45.6 Å². The molecule has 2 atom stereocenters. The molecule has 0 rings (SSSR count). The van der Waals surface area contributed by atoms with Crippen molar-refractivity contribution in [2.24, 2.45) is 5.16 Å². The van der Waals surface area contributed by atoms with Gasteiger partial charge in [0.1, 0.15) is 12.9 Å². The Kier molecular flexibility index (Phi) is 8.27. The SMILES string of the molecule is C=C[C@H](OCOC)[C@@H](C/C=N\O)O[Si](C)(C)C(C)(C)C. The maximum atomic E-state index is 8.64. The van der Waals surface area contributed by atoms with Crippen LogP contribution in [0.2, 0.25) is 18.1 Å². The Morgan fingerprint density at radius 1 is 1.35 bits per heavy atom. The van der Waals surface area contributed by atoms with Gasteiger partial charge in [0.25, 0.3) is 0 Å². The van der Waals surface area contributed by atoms with Crippen LogP contribution in [0.3, 0.4) is 0 Å². The zero-order valence-electron chi connectivity index (χ0n) is 13.5. The van der Waals surface area contributed by atoms with Crippen LogP contribution in [-0.2, 0) is 13.9 Å². The summed E-state index contributed by atoms with van der Waals surface area (Å²) in [4.78, 5) is 0. The number of hydrogen-bond acceptors (Lipinski definition) is 5. The minimum Gasteiger partial charge on any atom is -0.411 e. The molecule has 5 nitrogen and oxygen atoms in total. The van der Waals surface area contributed by atoms with Crippen LogP contribution >= 0.6 is 0 Å². The minimum absolute atomic E-state index is 0.0918. The van der Waals surface area contributed by atoms with Crippen LogP contribution in [0.15, 0.2) is 17.8 Å². The first-order chi connectivity index (χ1) is 9.19. The van der Waals surface area contributed by atoms with E-state index in [-0.39, 0.29) is 24.0 Å². The quantitative estimate of drug-likeness (QED) is 0.177. The molecule has 20 heavy (non-hydrogen) atoms. The molecule has 0 fully saturated rings. The highest BCUT2D eigenvalue weighted by atomic mass is 28.4. The van der Waals surface area contributed by atoms with Crippen molar-refractivity contribution in [2.45, 2.75) is 57.5 Å². The third kappa shape index (κ3) is 6.17. The van der Waals surface area contributed by atoms with Crippen LogP contribution in [0.1, 0.15) is 27.2 Å².